The molecule has 1 unspecified atom stereocenters. The van der Waals surface area contributed by atoms with Crippen LogP contribution in [-0.4, -0.2) is 13.7 Å². The first-order chi connectivity index (χ1) is 8.38. The standard InChI is InChI=1S/C14H19F2NO/c1-13(8-5-9-17-13)12-10(14(2,15)16)6-4-7-11(12)18-3/h4,6-7,17H,5,8-9H2,1-3H3. The minimum Gasteiger partial charge on any atom is -0.496 e. The molecule has 1 aliphatic heterocycles. The lowest BCUT2D eigenvalue weighted by Crippen LogP contribution is -2.36. The summed E-state index contributed by atoms with van der Waals surface area (Å²) in [5.74, 6) is -2.33. The number of methoxy groups -OCH3 is 1. The van der Waals surface area contributed by atoms with Gasteiger partial charge in [-0.25, -0.2) is 8.78 Å². The fraction of sp³-hybridized carbons (Fsp3) is 0.571. The van der Waals surface area contributed by atoms with Gasteiger partial charge in [0.25, 0.3) is 5.92 Å². The third kappa shape index (κ3) is 2.21. The van der Waals surface area contributed by atoms with E-state index < -0.39 is 11.5 Å². The maximum atomic E-state index is 13.8. The molecule has 2 nitrogen and oxygen atoms in total. The Morgan fingerprint density at radius 1 is 1.39 bits per heavy atom. The Bertz CT molecular complexity index is 434. The highest BCUT2D eigenvalue weighted by Gasteiger charge is 2.40. The van der Waals surface area contributed by atoms with Crippen molar-refractivity contribution in [3.63, 3.8) is 0 Å². The summed E-state index contributed by atoms with van der Waals surface area (Å²) >= 11 is 0. The molecule has 1 aromatic carbocycles. The van der Waals surface area contributed by atoms with Crippen molar-refractivity contribution >= 4 is 0 Å². The molecule has 1 saturated heterocycles. The fourth-order valence-electron chi connectivity index (χ4n) is 2.74. The molecule has 4 heteroatoms. The van der Waals surface area contributed by atoms with Gasteiger partial charge in [-0.15, -0.1) is 0 Å². The third-order valence-corrected chi connectivity index (χ3v) is 3.64. The lowest BCUT2D eigenvalue weighted by molar-refractivity contribution is 0.0149. The maximum absolute atomic E-state index is 13.8. The van der Waals surface area contributed by atoms with Gasteiger partial charge in [-0.2, -0.15) is 0 Å². The number of alkyl halides is 2. The molecule has 1 fully saturated rings. The van der Waals surface area contributed by atoms with Crippen LogP contribution in [0.2, 0.25) is 0 Å². The van der Waals surface area contributed by atoms with Crippen molar-refractivity contribution in [2.24, 2.45) is 0 Å². The normalized spacial score (nSPS) is 24.3. The number of benzene rings is 1. The van der Waals surface area contributed by atoms with Gasteiger partial charge in [0.15, 0.2) is 0 Å². The van der Waals surface area contributed by atoms with E-state index in [0.29, 0.717) is 11.3 Å². The Hall–Kier alpha value is -1.16. The summed E-state index contributed by atoms with van der Waals surface area (Å²) in [6.07, 6.45) is 1.83. The average Bonchev–Trinajstić information content (AvgIpc) is 2.75. The Morgan fingerprint density at radius 3 is 2.61 bits per heavy atom. The number of hydrogen-bond donors (Lipinski definition) is 1. The van der Waals surface area contributed by atoms with E-state index >= 15 is 0 Å². The molecule has 1 aromatic rings. The lowest BCUT2D eigenvalue weighted by Gasteiger charge is -2.31. The first-order valence-corrected chi connectivity index (χ1v) is 6.19. The molecule has 0 bridgehead atoms. The summed E-state index contributed by atoms with van der Waals surface area (Å²) in [6, 6.07) is 4.85. The van der Waals surface area contributed by atoms with Crippen LogP contribution in [-0.2, 0) is 11.5 Å². The van der Waals surface area contributed by atoms with Crippen molar-refractivity contribution in [2.45, 2.75) is 38.2 Å². The summed E-state index contributed by atoms with van der Waals surface area (Å²) in [6.45, 7) is 3.75. The van der Waals surface area contributed by atoms with Crippen molar-refractivity contribution in [3.05, 3.63) is 29.3 Å². The van der Waals surface area contributed by atoms with Crippen LogP contribution in [0.25, 0.3) is 0 Å². The molecule has 1 aliphatic rings. The van der Waals surface area contributed by atoms with Crippen LogP contribution in [0.4, 0.5) is 8.78 Å². The van der Waals surface area contributed by atoms with E-state index in [-0.39, 0.29) is 5.56 Å². The molecule has 2 rings (SSSR count). The van der Waals surface area contributed by atoms with Gasteiger partial charge in [0, 0.05) is 23.6 Å². The molecule has 18 heavy (non-hydrogen) atoms. The van der Waals surface area contributed by atoms with Crippen LogP contribution in [0.1, 0.15) is 37.8 Å². The van der Waals surface area contributed by atoms with E-state index in [1.54, 1.807) is 12.1 Å². The summed E-state index contributed by atoms with van der Waals surface area (Å²) in [4.78, 5) is 0. The molecule has 0 amide bonds. The van der Waals surface area contributed by atoms with Crippen LogP contribution in [0.5, 0.6) is 5.75 Å². The quantitative estimate of drug-likeness (QED) is 0.893. The maximum Gasteiger partial charge on any atom is 0.270 e. The number of ether oxygens (including phenoxy) is 1. The second-order valence-corrected chi connectivity index (χ2v) is 5.13. The first-order valence-electron chi connectivity index (χ1n) is 6.19. The zero-order valence-electron chi connectivity index (χ0n) is 11.0. The number of halogens is 2. The molecule has 0 radical (unpaired) electrons. The first kappa shape index (κ1) is 13.3. The lowest BCUT2D eigenvalue weighted by atomic mass is 9.84. The minimum absolute atomic E-state index is 0.0544. The van der Waals surface area contributed by atoms with Gasteiger partial charge < -0.3 is 10.1 Å². The highest BCUT2D eigenvalue weighted by Crippen LogP contribution is 2.43. The number of hydrogen-bond acceptors (Lipinski definition) is 2. The average molecular weight is 255 g/mol. The van der Waals surface area contributed by atoms with Gasteiger partial charge in [-0.05, 0) is 32.4 Å². The van der Waals surface area contributed by atoms with Crippen LogP contribution < -0.4 is 10.1 Å². The molecule has 0 spiro atoms. The van der Waals surface area contributed by atoms with E-state index in [1.807, 2.05) is 6.92 Å². The molecule has 1 atom stereocenters. The van der Waals surface area contributed by atoms with Crippen LogP contribution >= 0.6 is 0 Å². The number of nitrogens with one attached hydrogen (secondary N) is 1. The van der Waals surface area contributed by atoms with E-state index in [1.165, 1.54) is 13.2 Å². The largest absolute Gasteiger partial charge is 0.496 e. The SMILES string of the molecule is COc1cccc(C(C)(F)F)c1C1(C)CCCN1. The van der Waals surface area contributed by atoms with Gasteiger partial charge >= 0.3 is 0 Å². The second kappa shape index (κ2) is 4.50. The summed E-state index contributed by atoms with van der Waals surface area (Å²) < 4.78 is 32.8. The summed E-state index contributed by atoms with van der Waals surface area (Å²) in [7, 11) is 1.52. The van der Waals surface area contributed by atoms with Gasteiger partial charge in [0.05, 0.1) is 7.11 Å². The Labute approximate surface area is 106 Å². The van der Waals surface area contributed by atoms with Crippen LogP contribution in [0.3, 0.4) is 0 Å². The predicted molar refractivity (Wildman–Crippen MR) is 67.2 cm³/mol. The zero-order valence-corrected chi connectivity index (χ0v) is 11.0. The molecule has 1 heterocycles. The van der Waals surface area contributed by atoms with Crippen molar-refractivity contribution in [1.82, 2.24) is 5.32 Å². The molecule has 0 aliphatic carbocycles. The number of rotatable bonds is 3. The molecular weight excluding hydrogens is 236 g/mol. The van der Waals surface area contributed by atoms with Crippen molar-refractivity contribution < 1.29 is 13.5 Å². The second-order valence-electron chi connectivity index (χ2n) is 5.13. The minimum atomic E-state index is -2.86. The van der Waals surface area contributed by atoms with Gasteiger partial charge in [-0.3, -0.25) is 0 Å². The Kier molecular flexibility index (Phi) is 3.32. The highest BCUT2D eigenvalue weighted by atomic mass is 19.3. The van der Waals surface area contributed by atoms with Crippen molar-refractivity contribution in [1.29, 1.82) is 0 Å². The van der Waals surface area contributed by atoms with Gasteiger partial charge in [-0.1, -0.05) is 12.1 Å². The molecule has 100 valence electrons. The van der Waals surface area contributed by atoms with Crippen molar-refractivity contribution in [3.8, 4) is 5.75 Å². The van der Waals surface area contributed by atoms with Gasteiger partial charge in [0.1, 0.15) is 5.75 Å². The van der Waals surface area contributed by atoms with E-state index in [0.717, 1.165) is 26.3 Å². The Morgan fingerprint density at radius 2 is 2.11 bits per heavy atom. The monoisotopic (exact) mass is 255 g/mol. The van der Waals surface area contributed by atoms with Crippen LogP contribution in [0, 0.1) is 0 Å². The molecule has 0 aromatic heterocycles. The van der Waals surface area contributed by atoms with Crippen molar-refractivity contribution in [2.75, 3.05) is 13.7 Å². The Balaban J connectivity index is 2.62. The molecule has 0 saturated carbocycles. The van der Waals surface area contributed by atoms with E-state index in [9.17, 15) is 8.78 Å². The van der Waals surface area contributed by atoms with Gasteiger partial charge in [0.2, 0.25) is 0 Å². The highest BCUT2D eigenvalue weighted by molar-refractivity contribution is 5.47. The molecule has 1 N–H and O–H groups in total. The fourth-order valence-corrected chi connectivity index (χ4v) is 2.74. The van der Waals surface area contributed by atoms with E-state index in [4.69, 9.17) is 4.74 Å². The van der Waals surface area contributed by atoms with Crippen LogP contribution in [0.15, 0.2) is 18.2 Å². The van der Waals surface area contributed by atoms with E-state index in [2.05, 4.69) is 5.32 Å². The predicted octanol–water partition coefficient (Wildman–Crippen LogP) is 3.41. The topological polar surface area (TPSA) is 21.3 Å². The smallest absolute Gasteiger partial charge is 0.270 e. The summed E-state index contributed by atoms with van der Waals surface area (Å²) in [5, 5.41) is 3.32. The summed E-state index contributed by atoms with van der Waals surface area (Å²) in [5.41, 5.74) is 0.220. The molecular formula is C14H19F2NO. The third-order valence-electron chi connectivity index (χ3n) is 3.64. The zero-order chi connectivity index (χ0) is 13.4.